The highest BCUT2D eigenvalue weighted by Crippen LogP contribution is 2.19. The molecule has 1 aromatic carbocycles. The second kappa shape index (κ2) is 10.9. The third kappa shape index (κ3) is 6.18. The standard InChI is InChI=1S/C24H32N4O4/c1-16(2)13-19(24(31)32-14-18-7-5-4-6-8-18)27-22(29)20-21(26-15-25-20)23(30)28-11-9-17(3)10-12-28/h4-8,15-17,19H,9-14H2,1-3H3,(H,25,26)(H,27,29)/t19-/m0/s1. The van der Waals surface area contributed by atoms with E-state index in [0.29, 0.717) is 25.4 Å². The highest BCUT2D eigenvalue weighted by atomic mass is 16.5. The van der Waals surface area contributed by atoms with Crippen LogP contribution in [0.1, 0.15) is 66.6 Å². The predicted octanol–water partition coefficient (Wildman–Crippen LogP) is 3.17. The molecule has 172 valence electrons. The van der Waals surface area contributed by atoms with Gasteiger partial charge in [-0.2, -0.15) is 0 Å². The van der Waals surface area contributed by atoms with E-state index in [9.17, 15) is 14.4 Å². The van der Waals surface area contributed by atoms with E-state index in [1.807, 2.05) is 44.2 Å². The molecule has 1 atom stereocenters. The molecule has 0 aliphatic carbocycles. The van der Waals surface area contributed by atoms with Crippen molar-refractivity contribution in [1.82, 2.24) is 20.2 Å². The van der Waals surface area contributed by atoms with Crippen molar-refractivity contribution in [1.29, 1.82) is 0 Å². The van der Waals surface area contributed by atoms with Gasteiger partial charge in [-0.05, 0) is 36.7 Å². The maximum atomic E-state index is 13.0. The Morgan fingerprint density at radius 1 is 1.19 bits per heavy atom. The van der Waals surface area contributed by atoms with Crippen LogP contribution in [0.5, 0.6) is 0 Å². The fourth-order valence-corrected chi connectivity index (χ4v) is 3.74. The Morgan fingerprint density at radius 2 is 1.88 bits per heavy atom. The minimum atomic E-state index is -0.832. The van der Waals surface area contributed by atoms with Gasteiger partial charge in [0.15, 0.2) is 5.69 Å². The monoisotopic (exact) mass is 440 g/mol. The van der Waals surface area contributed by atoms with E-state index in [1.165, 1.54) is 6.33 Å². The van der Waals surface area contributed by atoms with Crippen molar-refractivity contribution >= 4 is 17.8 Å². The Bertz CT molecular complexity index is 917. The van der Waals surface area contributed by atoms with Gasteiger partial charge in [0.1, 0.15) is 18.3 Å². The molecule has 2 N–H and O–H groups in total. The van der Waals surface area contributed by atoms with Gasteiger partial charge in [-0.25, -0.2) is 9.78 Å². The number of rotatable bonds is 8. The minimum absolute atomic E-state index is 0.00163. The Kier molecular flexibility index (Phi) is 8.03. The molecule has 0 bridgehead atoms. The Balaban J connectivity index is 1.66. The number of aromatic amines is 1. The van der Waals surface area contributed by atoms with Crippen molar-refractivity contribution < 1.29 is 19.1 Å². The summed E-state index contributed by atoms with van der Waals surface area (Å²) in [5.41, 5.74) is 1.02. The summed E-state index contributed by atoms with van der Waals surface area (Å²) in [7, 11) is 0. The molecule has 0 radical (unpaired) electrons. The number of nitrogens with one attached hydrogen (secondary N) is 2. The lowest BCUT2D eigenvalue weighted by atomic mass is 9.99. The predicted molar refractivity (Wildman–Crippen MR) is 120 cm³/mol. The Labute approximate surface area is 188 Å². The summed E-state index contributed by atoms with van der Waals surface area (Å²) in [6, 6.07) is 8.53. The fraction of sp³-hybridized carbons (Fsp3) is 0.500. The maximum absolute atomic E-state index is 13.0. The molecule has 8 heteroatoms. The SMILES string of the molecule is CC(C)C[C@H](NC(=O)c1nc[nH]c1C(=O)N1CCC(C)CC1)C(=O)OCc1ccccc1. The second-order valence-electron chi connectivity index (χ2n) is 8.85. The summed E-state index contributed by atoms with van der Waals surface area (Å²) in [5.74, 6) is -0.583. The van der Waals surface area contributed by atoms with Crippen molar-refractivity contribution in [2.45, 2.75) is 52.7 Å². The highest BCUT2D eigenvalue weighted by Gasteiger charge is 2.30. The minimum Gasteiger partial charge on any atom is -0.459 e. The smallest absolute Gasteiger partial charge is 0.328 e. The first-order valence-electron chi connectivity index (χ1n) is 11.2. The molecule has 1 aromatic heterocycles. The third-order valence-electron chi connectivity index (χ3n) is 5.66. The van der Waals surface area contributed by atoms with E-state index < -0.39 is 17.9 Å². The zero-order valence-corrected chi connectivity index (χ0v) is 19.0. The molecule has 32 heavy (non-hydrogen) atoms. The van der Waals surface area contributed by atoms with Crippen molar-refractivity contribution in [3.05, 3.63) is 53.6 Å². The van der Waals surface area contributed by atoms with Crippen LogP contribution in [-0.4, -0.2) is 51.8 Å². The van der Waals surface area contributed by atoms with E-state index in [4.69, 9.17) is 4.74 Å². The van der Waals surface area contributed by atoms with Crippen LogP contribution in [-0.2, 0) is 16.1 Å². The van der Waals surface area contributed by atoms with Gasteiger partial charge >= 0.3 is 5.97 Å². The van der Waals surface area contributed by atoms with Crippen LogP contribution in [0.15, 0.2) is 36.7 Å². The van der Waals surface area contributed by atoms with Gasteiger partial charge < -0.3 is 19.9 Å². The summed E-state index contributed by atoms with van der Waals surface area (Å²) in [4.78, 5) is 47.2. The number of esters is 1. The molecule has 1 saturated heterocycles. The number of ether oxygens (including phenoxy) is 1. The summed E-state index contributed by atoms with van der Waals surface area (Å²) >= 11 is 0. The van der Waals surface area contributed by atoms with E-state index in [-0.39, 0.29) is 29.8 Å². The first-order valence-corrected chi connectivity index (χ1v) is 11.2. The molecule has 0 unspecified atom stereocenters. The third-order valence-corrected chi connectivity index (χ3v) is 5.66. The second-order valence-corrected chi connectivity index (χ2v) is 8.85. The number of carbonyl (C=O) groups is 3. The van der Waals surface area contributed by atoms with E-state index in [0.717, 1.165) is 18.4 Å². The Hall–Kier alpha value is -3.16. The largest absolute Gasteiger partial charge is 0.459 e. The first kappa shape index (κ1) is 23.5. The molecule has 0 spiro atoms. The van der Waals surface area contributed by atoms with Crippen LogP contribution >= 0.6 is 0 Å². The van der Waals surface area contributed by atoms with Crippen molar-refractivity contribution in [2.24, 2.45) is 11.8 Å². The molecular formula is C24H32N4O4. The summed E-state index contributed by atoms with van der Waals surface area (Å²) < 4.78 is 5.44. The number of carbonyl (C=O) groups excluding carboxylic acids is 3. The van der Waals surface area contributed by atoms with E-state index in [2.05, 4.69) is 22.2 Å². The van der Waals surface area contributed by atoms with Gasteiger partial charge in [-0.15, -0.1) is 0 Å². The van der Waals surface area contributed by atoms with Gasteiger partial charge in [0, 0.05) is 13.1 Å². The summed E-state index contributed by atoms with van der Waals surface area (Å²) in [6.07, 6.45) is 3.62. The molecule has 1 aliphatic rings. The molecular weight excluding hydrogens is 408 g/mol. The number of piperidine rings is 1. The van der Waals surface area contributed by atoms with Gasteiger partial charge in [-0.1, -0.05) is 51.1 Å². The number of hydrogen-bond donors (Lipinski definition) is 2. The van der Waals surface area contributed by atoms with Crippen molar-refractivity contribution in [3.8, 4) is 0 Å². The summed E-state index contributed by atoms with van der Waals surface area (Å²) in [6.45, 7) is 7.53. The number of nitrogens with zero attached hydrogens (tertiary/aromatic N) is 2. The average molecular weight is 441 g/mol. The molecule has 1 aliphatic heterocycles. The van der Waals surface area contributed by atoms with Gasteiger partial charge in [-0.3, -0.25) is 9.59 Å². The number of hydrogen-bond acceptors (Lipinski definition) is 5. The summed E-state index contributed by atoms with van der Waals surface area (Å²) in [5, 5.41) is 2.73. The van der Waals surface area contributed by atoms with Gasteiger partial charge in [0.25, 0.3) is 11.8 Å². The van der Waals surface area contributed by atoms with Crippen LogP contribution in [0, 0.1) is 11.8 Å². The molecule has 2 heterocycles. The average Bonchev–Trinajstić information content (AvgIpc) is 3.27. The van der Waals surface area contributed by atoms with Crippen molar-refractivity contribution in [3.63, 3.8) is 0 Å². The van der Waals surface area contributed by atoms with Gasteiger partial charge in [0.2, 0.25) is 0 Å². The van der Waals surface area contributed by atoms with E-state index in [1.54, 1.807) is 4.90 Å². The van der Waals surface area contributed by atoms with Crippen LogP contribution < -0.4 is 5.32 Å². The lowest BCUT2D eigenvalue weighted by Crippen LogP contribution is -2.44. The number of benzene rings is 1. The molecule has 3 rings (SSSR count). The molecule has 2 amide bonds. The lowest BCUT2D eigenvalue weighted by molar-refractivity contribution is -0.147. The Morgan fingerprint density at radius 3 is 2.53 bits per heavy atom. The molecule has 1 fully saturated rings. The fourth-order valence-electron chi connectivity index (χ4n) is 3.74. The molecule has 2 aromatic rings. The lowest BCUT2D eigenvalue weighted by Gasteiger charge is -2.30. The number of amides is 2. The van der Waals surface area contributed by atoms with Crippen LogP contribution in [0.3, 0.4) is 0 Å². The zero-order chi connectivity index (χ0) is 23.1. The van der Waals surface area contributed by atoms with E-state index >= 15 is 0 Å². The van der Waals surface area contributed by atoms with Crippen LogP contribution in [0.4, 0.5) is 0 Å². The number of aromatic nitrogens is 2. The molecule has 8 nitrogen and oxygen atoms in total. The zero-order valence-electron chi connectivity index (χ0n) is 19.0. The van der Waals surface area contributed by atoms with Crippen LogP contribution in [0.2, 0.25) is 0 Å². The molecule has 0 saturated carbocycles. The van der Waals surface area contributed by atoms with Gasteiger partial charge in [0.05, 0.1) is 6.33 Å². The maximum Gasteiger partial charge on any atom is 0.328 e. The van der Waals surface area contributed by atoms with Crippen molar-refractivity contribution in [2.75, 3.05) is 13.1 Å². The normalized spacial score (nSPS) is 15.4. The highest BCUT2D eigenvalue weighted by molar-refractivity contribution is 6.05. The number of H-pyrrole nitrogens is 1. The van der Waals surface area contributed by atoms with Crippen LogP contribution in [0.25, 0.3) is 0 Å². The number of likely N-dealkylation sites (tertiary alicyclic amines) is 1. The number of imidazole rings is 1. The topological polar surface area (TPSA) is 104 Å². The first-order chi connectivity index (χ1) is 15.3. The quantitative estimate of drug-likeness (QED) is 0.614.